The Kier molecular flexibility index (Phi) is 6.48. The molecular formula is C17H17NO8S. The fourth-order valence-corrected chi connectivity index (χ4v) is 2.97. The smallest absolute Gasteiger partial charge is 0.312 e. The first kappa shape index (κ1) is 20.3. The minimum atomic E-state index is -3.87. The predicted molar refractivity (Wildman–Crippen MR) is 95.5 cm³/mol. The molecular weight excluding hydrogens is 378 g/mol. The van der Waals surface area contributed by atoms with Gasteiger partial charge in [0.05, 0.1) is 17.1 Å². The average molecular weight is 395 g/mol. The highest BCUT2D eigenvalue weighted by molar-refractivity contribution is 7.90. The van der Waals surface area contributed by atoms with Crippen LogP contribution in [-0.2, 0) is 14.6 Å². The molecule has 0 heterocycles. The van der Waals surface area contributed by atoms with Crippen molar-refractivity contribution in [2.24, 2.45) is 0 Å². The standard InChI is InChI=1S/C17H17NO8S/c1-24-7-8-25-15-10-16(26-14-6-4-3-5-12(14)11-19)17(27(2,22)23)9-13(15)18(20)21/h3-6,9-11H,7-8H2,1-2H3. The third-order valence-electron chi connectivity index (χ3n) is 3.43. The molecule has 27 heavy (non-hydrogen) atoms. The van der Waals surface area contributed by atoms with E-state index in [4.69, 9.17) is 14.2 Å². The van der Waals surface area contributed by atoms with E-state index in [1.165, 1.54) is 19.2 Å². The number of nitrogens with zero attached hydrogens (tertiary/aromatic N) is 1. The molecule has 0 atom stereocenters. The molecule has 0 aliphatic carbocycles. The van der Waals surface area contributed by atoms with E-state index in [2.05, 4.69) is 0 Å². The van der Waals surface area contributed by atoms with Crippen molar-refractivity contribution < 1.29 is 32.3 Å². The van der Waals surface area contributed by atoms with E-state index in [9.17, 15) is 23.3 Å². The van der Waals surface area contributed by atoms with Crippen molar-refractivity contribution in [3.05, 3.63) is 52.1 Å². The molecule has 0 fully saturated rings. The number of rotatable bonds is 9. The summed E-state index contributed by atoms with van der Waals surface area (Å²) in [5, 5.41) is 11.3. The van der Waals surface area contributed by atoms with Crippen molar-refractivity contribution in [2.45, 2.75) is 4.90 Å². The molecule has 0 amide bonds. The number of nitro groups is 1. The maximum absolute atomic E-state index is 12.1. The Balaban J connectivity index is 2.60. The zero-order valence-corrected chi connectivity index (χ0v) is 15.4. The van der Waals surface area contributed by atoms with Crippen LogP contribution in [-0.4, -0.2) is 46.2 Å². The summed E-state index contributed by atoms with van der Waals surface area (Å²) >= 11 is 0. The molecule has 144 valence electrons. The van der Waals surface area contributed by atoms with E-state index in [-0.39, 0.29) is 36.0 Å². The molecule has 0 saturated carbocycles. The second kappa shape index (κ2) is 8.60. The summed E-state index contributed by atoms with van der Waals surface area (Å²) in [5.74, 6) is -0.262. The summed E-state index contributed by atoms with van der Waals surface area (Å²) in [6.07, 6.45) is 1.45. The van der Waals surface area contributed by atoms with Gasteiger partial charge in [0.2, 0.25) is 5.75 Å². The van der Waals surface area contributed by atoms with E-state index in [0.29, 0.717) is 6.29 Å². The number of carbonyl (C=O) groups excluding carboxylic acids is 1. The van der Waals surface area contributed by atoms with Crippen molar-refractivity contribution in [2.75, 3.05) is 26.6 Å². The van der Waals surface area contributed by atoms with Crippen molar-refractivity contribution in [1.82, 2.24) is 0 Å². The lowest BCUT2D eigenvalue weighted by molar-refractivity contribution is -0.386. The van der Waals surface area contributed by atoms with Crippen LogP contribution in [0.15, 0.2) is 41.3 Å². The monoisotopic (exact) mass is 395 g/mol. The SMILES string of the molecule is COCCOc1cc(Oc2ccccc2C=O)c(S(C)(=O)=O)cc1[N+](=O)[O-]. The van der Waals surface area contributed by atoms with E-state index >= 15 is 0 Å². The van der Waals surface area contributed by atoms with Crippen LogP contribution in [0.5, 0.6) is 17.2 Å². The van der Waals surface area contributed by atoms with Gasteiger partial charge in [0.15, 0.2) is 16.1 Å². The number of nitro benzene ring substituents is 1. The van der Waals surface area contributed by atoms with Crippen LogP contribution < -0.4 is 9.47 Å². The van der Waals surface area contributed by atoms with Crippen LogP contribution in [0, 0.1) is 10.1 Å². The maximum atomic E-state index is 12.1. The minimum Gasteiger partial charge on any atom is -0.484 e. The minimum absolute atomic E-state index is 0.0138. The Morgan fingerprint density at radius 2 is 1.81 bits per heavy atom. The first-order valence-corrected chi connectivity index (χ1v) is 9.53. The van der Waals surface area contributed by atoms with Crippen LogP contribution in [0.2, 0.25) is 0 Å². The molecule has 0 saturated heterocycles. The highest BCUT2D eigenvalue weighted by Crippen LogP contribution is 2.39. The molecule has 9 nitrogen and oxygen atoms in total. The number of sulfone groups is 1. The topological polar surface area (TPSA) is 122 Å². The van der Waals surface area contributed by atoms with Gasteiger partial charge in [-0.25, -0.2) is 8.42 Å². The lowest BCUT2D eigenvalue weighted by atomic mass is 10.2. The molecule has 2 rings (SSSR count). The summed E-state index contributed by atoms with van der Waals surface area (Å²) in [6, 6.07) is 8.17. The largest absolute Gasteiger partial charge is 0.484 e. The van der Waals surface area contributed by atoms with Crippen LogP contribution in [0.25, 0.3) is 0 Å². The molecule has 0 aromatic heterocycles. The molecule has 0 bridgehead atoms. The Morgan fingerprint density at radius 1 is 1.11 bits per heavy atom. The number of ether oxygens (including phenoxy) is 3. The van der Waals surface area contributed by atoms with Gasteiger partial charge in [0.1, 0.15) is 23.0 Å². The molecule has 0 aliphatic heterocycles. The number of hydrogen-bond donors (Lipinski definition) is 0. The fraction of sp³-hybridized carbons (Fsp3) is 0.235. The van der Waals surface area contributed by atoms with Gasteiger partial charge >= 0.3 is 5.69 Å². The van der Waals surface area contributed by atoms with Crippen LogP contribution in [0.1, 0.15) is 10.4 Å². The lowest BCUT2D eigenvalue weighted by Gasteiger charge is -2.14. The van der Waals surface area contributed by atoms with Crippen molar-refractivity contribution in [1.29, 1.82) is 0 Å². The molecule has 0 aliphatic rings. The van der Waals surface area contributed by atoms with Gasteiger partial charge in [-0.05, 0) is 12.1 Å². The number of para-hydroxylation sites is 1. The molecule has 10 heteroatoms. The second-order valence-corrected chi connectivity index (χ2v) is 7.38. The Labute approximate surface area is 155 Å². The third-order valence-corrected chi connectivity index (χ3v) is 4.55. The van der Waals surface area contributed by atoms with E-state index in [0.717, 1.165) is 18.4 Å². The number of benzene rings is 2. The number of hydrogen-bond acceptors (Lipinski definition) is 8. The van der Waals surface area contributed by atoms with Gasteiger partial charge in [0, 0.05) is 25.5 Å². The first-order chi connectivity index (χ1) is 12.8. The van der Waals surface area contributed by atoms with E-state index in [1.807, 2.05) is 0 Å². The van der Waals surface area contributed by atoms with Gasteiger partial charge in [-0.3, -0.25) is 14.9 Å². The molecule has 2 aromatic rings. The fourth-order valence-electron chi connectivity index (χ4n) is 2.18. The Morgan fingerprint density at radius 3 is 2.41 bits per heavy atom. The summed E-state index contributed by atoms with van der Waals surface area (Å²) in [4.78, 5) is 21.3. The van der Waals surface area contributed by atoms with Crippen LogP contribution >= 0.6 is 0 Å². The highest BCUT2D eigenvalue weighted by atomic mass is 32.2. The average Bonchev–Trinajstić information content (AvgIpc) is 2.61. The van der Waals surface area contributed by atoms with Gasteiger partial charge < -0.3 is 14.2 Å². The third kappa shape index (κ3) is 5.02. The van der Waals surface area contributed by atoms with Gasteiger partial charge in [0.25, 0.3) is 0 Å². The molecule has 2 aromatic carbocycles. The molecule has 0 N–H and O–H groups in total. The van der Waals surface area contributed by atoms with Crippen LogP contribution in [0.4, 0.5) is 5.69 Å². The van der Waals surface area contributed by atoms with Crippen molar-refractivity contribution >= 4 is 21.8 Å². The Hall–Kier alpha value is -2.98. The van der Waals surface area contributed by atoms with E-state index in [1.54, 1.807) is 12.1 Å². The molecule has 0 radical (unpaired) electrons. The number of methoxy groups -OCH3 is 1. The zero-order valence-electron chi connectivity index (χ0n) is 14.6. The summed E-state index contributed by atoms with van der Waals surface area (Å²) in [5.41, 5.74) is -0.334. The predicted octanol–water partition coefficient (Wildman–Crippen LogP) is 2.63. The van der Waals surface area contributed by atoms with E-state index < -0.39 is 25.3 Å². The molecule has 0 unspecified atom stereocenters. The van der Waals surface area contributed by atoms with Gasteiger partial charge in [-0.15, -0.1) is 0 Å². The summed E-state index contributed by atoms with van der Waals surface area (Å²) in [7, 11) is -2.43. The van der Waals surface area contributed by atoms with Crippen LogP contribution in [0.3, 0.4) is 0 Å². The van der Waals surface area contributed by atoms with Crippen molar-refractivity contribution in [3.63, 3.8) is 0 Å². The lowest BCUT2D eigenvalue weighted by Crippen LogP contribution is -2.08. The molecule has 0 spiro atoms. The van der Waals surface area contributed by atoms with Crippen molar-refractivity contribution in [3.8, 4) is 17.2 Å². The maximum Gasteiger partial charge on any atom is 0.312 e. The number of carbonyl (C=O) groups is 1. The van der Waals surface area contributed by atoms with Gasteiger partial charge in [-0.1, -0.05) is 12.1 Å². The highest BCUT2D eigenvalue weighted by Gasteiger charge is 2.26. The first-order valence-electron chi connectivity index (χ1n) is 7.64. The normalized spacial score (nSPS) is 11.0. The summed E-state index contributed by atoms with van der Waals surface area (Å²) < 4.78 is 40.0. The van der Waals surface area contributed by atoms with Gasteiger partial charge in [-0.2, -0.15) is 0 Å². The quantitative estimate of drug-likeness (QED) is 0.275. The summed E-state index contributed by atoms with van der Waals surface area (Å²) in [6.45, 7) is 0.190. The second-order valence-electron chi connectivity index (χ2n) is 5.39. The Bertz CT molecular complexity index is 955. The number of aldehydes is 1. The zero-order chi connectivity index (χ0) is 20.0.